The fourth-order valence-corrected chi connectivity index (χ4v) is 5.77. The van der Waals surface area contributed by atoms with Crippen LogP contribution in [0.3, 0.4) is 0 Å². The van der Waals surface area contributed by atoms with Gasteiger partial charge in [0.05, 0.1) is 16.9 Å². The van der Waals surface area contributed by atoms with E-state index in [2.05, 4.69) is 10.0 Å². The van der Waals surface area contributed by atoms with Crippen molar-refractivity contribution in [1.29, 1.82) is 0 Å². The van der Waals surface area contributed by atoms with E-state index in [9.17, 15) is 18.0 Å². The number of ether oxygens (including phenoxy) is 1. The Balaban J connectivity index is 1.31. The topological polar surface area (TPSA) is 105 Å². The Bertz CT molecular complexity index is 890. The first-order valence-corrected chi connectivity index (χ1v) is 12.7. The summed E-state index contributed by atoms with van der Waals surface area (Å²) in [5, 5.41) is 2.83. The third kappa shape index (κ3) is 5.45. The van der Waals surface area contributed by atoms with Gasteiger partial charge in [0.2, 0.25) is 21.8 Å². The molecule has 2 N–H and O–H groups in total. The quantitative estimate of drug-likeness (QED) is 0.664. The second kappa shape index (κ2) is 9.67. The average Bonchev–Trinajstić information content (AvgIpc) is 3.43. The molecule has 4 rings (SSSR count). The van der Waals surface area contributed by atoms with Crippen LogP contribution in [0.25, 0.3) is 0 Å². The highest BCUT2D eigenvalue weighted by Crippen LogP contribution is 2.29. The predicted molar refractivity (Wildman–Crippen MR) is 116 cm³/mol. The van der Waals surface area contributed by atoms with Crippen molar-refractivity contribution < 1.29 is 22.7 Å². The van der Waals surface area contributed by atoms with Crippen LogP contribution in [-0.2, 0) is 24.3 Å². The van der Waals surface area contributed by atoms with E-state index in [1.54, 1.807) is 12.1 Å². The van der Waals surface area contributed by atoms with Crippen molar-refractivity contribution in [1.82, 2.24) is 9.62 Å². The number of benzene rings is 1. The van der Waals surface area contributed by atoms with E-state index in [0.717, 1.165) is 38.5 Å². The monoisotopic (exact) mass is 449 g/mol. The highest BCUT2D eigenvalue weighted by molar-refractivity contribution is 7.89. The number of hydrogen-bond donors (Lipinski definition) is 2. The van der Waals surface area contributed by atoms with E-state index in [4.69, 9.17) is 4.74 Å². The van der Waals surface area contributed by atoms with E-state index in [1.165, 1.54) is 18.6 Å². The summed E-state index contributed by atoms with van der Waals surface area (Å²) in [4.78, 5) is 27.1. The van der Waals surface area contributed by atoms with Crippen LogP contribution in [0.15, 0.2) is 29.2 Å². The maximum atomic E-state index is 12.7. The van der Waals surface area contributed by atoms with Gasteiger partial charge in [0.1, 0.15) is 0 Å². The van der Waals surface area contributed by atoms with Gasteiger partial charge in [-0.1, -0.05) is 19.3 Å². The smallest absolute Gasteiger partial charge is 0.240 e. The lowest BCUT2D eigenvalue weighted by Crippen LogP contribution is -2.38. The van der Waals surface area contributed by atoms with Gasteiger partial charge in [0.15, 0.2) is 0 Å². The molecule has 0 aromatic heterocycles. The van der Waals surface area contributed by atoms with Crippen LogP contribution in [0.4, 0.5) is 5.69 Å². The lowest BCUT2D eigenvalue weighted by molar-refractivity contribution is -0.130. The van der Waals surface area contributed by atoms with Gasteiger partial charge >= 0.3 is 0 Å². The lowest BCUT2D eigenvalue weighted by atomic mass is 9.94. The Morgan fingerprint density at radius 2 is 1.81 bits per heavy atom. The molecule has 2 saturated heterocycles. The van der Waals surface area contributed by atoms with Crippen molar-refractivity contribution in [3.8, 4) is 0 Å². The molecule has 2 heterocycles. The van der Waals surface area contributed by atoms with Crippen molar-refractivity contribution in [3.63, 3.8) is 0 Å². The summed E-state index contributed by atoms with van der Waals surface area (Å²) in [6, 6.07) is 6.37. The number of amides is 2. The van der Waals surface area contributed by atoms with Gasteiger partial charge in [-0.2, -0.15) is 0 Å². The molecule has 31 heavy (non-hydrogen) atoms. The van der Waals surface area contributed by atoms with Crippen LogP contribution >= 0.6 is 0 Å². The molecule has 9 heteroatoms. The van der Waals surface area contributed by atoms with Crippen LogP contribution in [0.1, 0.15) is 51.4 Å². The zero-order chi connectivity index (χ0) is 21.8. The minimum atomic E-state index is -3.63. The summed E-state index contributed by atoms with van der Waals surface area (Å²) in [7, 11) is -3.63. The highest BCUT2D eigenvalue weighted by atomic mass is 32.2. The zero-order valence-electron chi connectivity index (χ0n) is 17.7. The predicted octanol–water partition coefficient (Wildman–Crippen LogP) is 2.26. The fraction of sp³-hybridized carbons (Fsp3) is 0.636. The Morgan fingerprint density at radius 3 is 2.48 bits per heavy atom. The molecule has 8 nitrogen and oxygen atoms in total. The van der Waals surface area contributed by atoms with Gasteiger partial charge in [-0.3, -0.25) is 9.59 Å². The Kier molecular flexibility index (Phi) is 6.93. The van der Waals surface area contributed by atoms with E-state index in [-0.39, 0.29) is 47.7 Å². The van der Waals surface area contributed by atoms with Crippen LogP contribution in [0.5, 0.6) is 0 Å². The SMILES string of the molecule is O=C(Nc1ccc(S(=O)(=O)NC[C@@H]2CCCO2)cc1)[C@H]1CC(=O)N(C2CCCCC2)C1. The molecule has 0 radical (unpaired) electrons. The molecular weight excluding hydrogens is 418 g/mol. The molecule has 0 spiro atoms. The summed E-state index contributed by atoms with van der Waals surface area (Å²) in [6.45, 7) is 1.40. The minimum Gasteiger partial charge on any atom is -0.377 e. The number of sulfonamides is 1. The second-order valence-electron chi connectivity index (χ2n) is 8.74. The number of nitrogens with one attached hydrogen (secondary N) is 2. The molecule has 170 valence electrons. The molecular formula is C22H31N3O5S. The molecule has 1 saturated carbocycles. The van der Waals surface area contributed by atoms with E-state index in [1.807, 2.05) is 4.90 Å². The summed E-state index contributed by atoms with van der Waals surface area (Å²) in [5.74, 6) is -0.504. The fourth-order valence-electron chi connectivity index (χ4n) is 4.71. The third-order valence-electron chi connectivity index (χ3n) is 6.50. The number of anilines is 1. The van der Waals surface area contributed by atoms with Crippen molar-refractivity contribution in [2.75, 3.05) is 25.0 Å². The Hall–Kier alpha value is -1.97. The average molecular weight is 450 g/mol. The molecule has 2 atom stereocenters. The highest BCUT2D eigenvalue weighted by Gasteiger charge is 2.38. The van der Waals surface area contributed by atoms with Gasteiger partial charge in [-0.05, 0) is 49.9 Å². The van der Waals surface area contributed by atoms with Crippen molar-refractivity contribution >= 4 is 27.5 Å². The molecule has 2 amide bonds. The van der Waals surface area contributed by atoms with Crippen molar-refractivity contribution in [2.45, 2.75) is 68.4 Å². The van der Waals surface area contributed by atoms with E-state index in [0.29, 0.717) is 18.8 Å². The number of nitrogens with zero attached hydrogens (tertiary/aromatic N) is 1. The summed E-state index contributed by atoms with van der Waals surface area (Å²) in [6.07, 6.45) is 7.52. The number of likely N-dealkylation sites (tertiary alicyclic amines) is 1. The molecule has 1 aromatic rings. The van der Waals surface area contributed by atoms with Gasteiger partial charge in [0, 0.05) is 37.8 Å². The Morgan fingerprint density at radius 1 is 1.06 bits per heavy atom. The van der Waals surface area contributed by atoms with E-state index >= 15 is 0 Å². The lowest BCUT2D eigenvalue weighted by Gasteiger charge is -2.31. The first-order chi connectivity index (χ1) is 14.9. The molecule has 2 aliphatic heterocycles. The zero-order valence-corrected chi connectivity index (χ0v) is 18.5. The summed E-state index contributed by atoms with van der Waals surface area (Å²) in [5.41, 5.74) is 0.520. The molecule has 0 bridgehead atoms. The maximum absolute atomic E-state index is 12.7. The Labute approximate surface area is 183 Å². The van der Waals surface area contributed by atoms with Gasteiger partial charge in [0.25, 0.3) is 0 Å². The molecule has 0 unspecified atom stereocenters. The second-order valence-corrected chi connectivity index (χ2v) is 10.5. The molecule has 3 aliphatic rings. The van der Waals surface area contributed by atoms with E-state index < -0.39 is 10.0 Å². The number of hydrogen-bond acceptors (Lipinski definition) is 5. The van der Waals surface area contributed by atoms with Crippen LogP contribution in [-0.4, -0.2) is 57.0 Å². The third-order valence-corrected chi connectivity index (χ3v) is 7.94. The van der Waals surface area contributed by atoms with Gasteiger partial charge in [-0.15, -0.1) is 0 Å². The number of rotatable bonds is 7. The number of carbonyl (C=O) groups is 2. The van der Waals surface area contributed by atoms with Crippen LogP contribution in [0, 0.1) is 5.92 Å². The maximum Gasteiger partial charge on any atom is 0.240 e. The summed E-state index contributed by atoms with van der Waals surface area (Å²) >= 11 is 0. The minimum absolute atomic E-state index is 0.0609. The standard InChI is InChI=1S/C22H31N3O5S/c26-21-13-16(15-25(21)18-5-2-1-3-6-18)22(27)24-17-8-10-20(11-9-17)31(28,29)23-14-19-7-4-12-30-19/h8-11,16,18-19,23H,1-7,12-15H2,(H,24,27)/t16-,19-/m0/s1. The van der Waals surface area contributed by atoms with Crippen molar-refractivity contribution in [3.05, 3.63) is 24.3 Å². The molecule has 1 aromatic carbocycles. The van der Waals surface area contributed by atoms with Crippen LogP contribution in [0.2, 0.25) is 0 Å². The van der Waals surface area contributed by atoms with Crippen molar-refractivity contribution in [2.24, 2.45) is 5.92 Å². The number of carbonyl (C=O) groups excluding carboxylic acids is 2. The normalized spacial score (nSPS) is 25.2. The first-order valence-electron chi connectivity index (χ1n) is 11.2. The first kappa shape index (κ1) is 22.2. The molecule has 1 aliphatic carbocycles. The largest absolute Gasteiger partial charge is 0.377 e. The molecule has 3 fully saturated rings. The van der Waals surface area contributed by atoms with Crippen LogP contribution < -0.4 is 10.0 Å². The van der Waals surface area contributed by atoms with Gasteiger partial charge in [-0.25, -0.2) is 13.1 Å². The summed E-state index contributed by atoms with van der Waals surface area (Å²) < 4.78 is 32.9. The van der Waals surface area contributed by atoms with Gasteiger partial charge < -0.3 is 15.0 Å².